The molecule has 1 aromatic carbocycles. The zero-order valence-corrected chi connectivity index (χ0v) is 25.1. The molecule has 2 amide bonds. The van der Waals surface area contributed by atoms with Crippen LogP contribution in [0.15, 0.2) is 42.6 Å². The first-order valence-electron chi connectivity index (χ1n) is 15.4. The lowest BCUT2D eigenvalue weighted by Gasteiger charge is -2.27. The summed E-state index contributed by atoms with van der Waals surface area (Å²) < 4.78 is 34.1. The number of aromatic nitrogens is 4. The van der Waals surface area contributed by atoms with Gasteiger partial charge in [0.2, 0.25) is 0 Å². The van der Waals surface area contributed by atoms with Crippen molar-refractivity contribution in [1.29, 1.82) is 0 Å². The van der Waals surface area contributed by atoms with Gasteiger partial charge in [-0.3, -0.25) is 9.59 Å². The number of piperidine rings is 1. The molecule has 0 radical (unpaired) electrons. The van der Waals surface area contributed by atoms with E-state index in [1.807, 2.05) is 25.1 Å². The molecule has 3 aliphatic rings. The molecule has 9 nitrogen and oxygen atoms in total. The zero-order valence-electron chi connectivity index (χ0n) is 25.1. The number of pyridine rings is 2. The van der Waals surface area contributed by atoms with Crippen LogP contribution in [0.4, 0.5) is 8.78 Å². The fourth-order valence-corrected chi connectivity index (χ4v) is 7.44. The molecular weight excluding hydrogens is 576 g/mol. The van der Waals surface area contributed by atoms with Crippen LogP contribution in [0.2, 0.25) is 0 Å². The van der Waals surface area contributed by atoms with Crippen LogP contribution in [-0.4, -0.2) is 54.5 Å². The maximum atomic E-state index is 15.7. The molecule has 1 saturated heterocycles. The molecule has 2 saturated carbocycles. The molecule has 3 fully saturated rings. The maximum Gasteiger partial charge on any atom is 0.255 e. The monoisotopic (exact) mass is 609 g/mol. The third-order valence-corrected chi connectivity index (χ3v) is 10.1. The van der Waals surface area contributed by atoms with E-state index in [4.69, 9.17) is 21.5 Å². The summed E-state index contributed by atoms with van der Waals surface area (Å²) in [5, 5.41) is 5.70. The summed E-state index contributed by atoms with van der Waals surface area (Å²) in [4.78, 5) is 31.9. The number of halogens is 2. The van der Waals surface area contributed by atoms with Crippen LogP contribution in [-0.2, 0) is 6.54 Å². The molecule has 11 heteroatoms. The van der Waals surface area contributed by atoms with Gasteiger partial charge in [0.1, 0.15) is 28.5 Å². The van der Waals surface area contributed by atoms with E-state index in [2.05, 4.69) is 4.57 Å². The average Bonchev–Trinajstić information content (AvgIpc) is 3.41. The number of hydrogen-bond donors (Lipinski definition) is 2. The van der Waals surface area contributed by atoms with Crippen molar-refractivity contribution in [3.05, 3.63) is 76.5 Å². The van der Waals surface area contributed by atoms with Crippen LogP contribution in [0.5, 0.6) is 0 Å². The van der Waals surface area contributed by atoms with Gasteiger partial charge >= 0.3 is 0 Å². The van der Waals surface area contributed by atoms with Crippen LogP contribution in [0.3, 0.4) is 0 Å². The predicted molar refractivity (Wildman–Crippen MR) is 166 cm³/mol. The lowest BCUT2D eigenvalue weighted by Crippen LogP contribution is -2.41. The third-order valence-electron chi connectivity index (χ3n) is 10.1. The largest absolute Gasteiger partial charge is 0.366 e. The van der Waals surface area contributed by atoms with Crippen molar-refractivity contribution in [3.8, 4) is 22.6 Å². The van der Waals surface area contributed by atoms with Crippen LogP contribution >= 0.6 is 0 Å². The maximum absolute atomic E-state index is 15.7. The summed E-state index contributed by atoms with van der Waals surface area (Å²) in [5.41, 5.74) is 16.7. The molecule has 4 N–H and O–H groups in total. The molecule has 4 aromatic heterocycles. The van der Waals surface area contributed by atoms with Gasteiger partial charge in [0, 0.05) is 47.9 Å². The minimum atomic E-state index is -0.823. The van der Waals surface area contributed by atoms with E-state index in [0.717, 1.165) is 36.8 Å². The highest BCUT2D eigenvalue weighted by Gasteiger charge is 2.47. The number of carbonyl (C=O) groups excluding carboxylic acids is 2. The van der Waals surface area contributed by atoms with Crippen LogP contribution < -0.4 is 11.5 Å². The second-order valence-electron chi connectivity index (χ2n) is 13.0. The standard InChI is InChI=1S/C34H33F2N7O2/c1-16-9-23(32(38)44)24(35)12-22(16)26-7-5-19-11-28(41(33(19)39-26)13-18-3-4-18)30-17(2)31-25(36)10-21(15-43(31)40-30)34(45)42-14-20-6-8-27(42)29(20)37/h5,7,9-12,15,18,20,27,29H,3-4,6,8,13-14,37H2,1-2H3,(H2,38,44)/t20?,27?,29-/m1/s1. The van der Waals surface area contributed by atoms with Crippen LogP contribution in [0.25, 0.3) is 39.2 Å². The second kappa shape index (κ2) is 9.93. The summed E-state index contributed by atoms with van der Waals surface area (Å²) in [6, 6.07) is 9.78. The summed E-state index contributed by atoms with van der Waals surface area (Å²) in [7, 11) is 0. The van der Waals surface area contributed by atoms with E-state index in [9.17, 15) is 14.0 Å². The molecule has 2 bridgehead atoms. The highest BCUT2D eigenvalue weighted by atomic mass is 19.1. The highest BCUT2D eigenvalue weighted by Crippen LogP contribution is 2.39. The Kier molecular flexibility index (Phi) is 6.15. The van der Waals surface area contributed by atoms with E-state index in [0.29, 0.717) is 64.2 Å². The number of nitrogens with two attached hydrogens (primary N) is 2. The number of likely N-dealkylation sites (tertiary alicyclic amines) is 1. The first-order valence-corrected chi connectivity index (χ1v) is 15.4. The number of aryl methyl sites for hydroxylation is 2. The predicted octanol–water partition coefficient (Wildman–Crippen LogP) is 4.98. The molecule has 45 heavy (non-hydrogen) atoms. The molecule has 5 heterocycles. The minimum Gasteiger partial charge on any atom is -0.366 e. The van der Waals surface area contributed by atoms with Crippen molar-refractivity contribution in [2.24, 2.45) is 23.3 Å². The smallest absolute Gasteiger partial charge is 0.255 e. The highest BCUT2D eigenvalue weighted by molar-refractivity contribution is 5.96. The average molecular weight is 610 g/mol. The number of nitrogens with zero attached hydrogens (tertiary/aromatic N) is 5. The van der Waals surface area contributed by atoms with Crippen molar-refractivity contribution in [2.75, 3.05) is 6.54 Å². The third kappa shape index (κ3) is 4.35. The molecule has 3 atom stereocenters. The Morgan fingerprint density at radius 3 is 2.51 bits per heavy atom. The normalized spacial score (nSPS) is 21.0. The molecule has 5 aromatic rings. The van der Waals surface area contributed by atoms with Gasteiger partial charge in [0.25, 0.3) is 11.8 Å². The van der Waals surface area contributed by atoms with E-state index in [1.165, 1.54) is 22.7 Å². The first kappa shape index (κ1) is 27.9. The fraction of sp³-hybridized carbons (Fsp3) is 0.353. The number of rotatable bonds is 6. The van der Waals surface area contributed by atoms with Crippen molar-refractivity contribution in [3.63, 3.8) is 0 Å². The van der Waals surface area contributed by atoms with Crippen molar-refractivity contribution < 1.29 is 18.4 Å². The number of primary amides is 1. The van der Waals surface area contributed by atoms with Gasteiger partial charge in [0.05, 0.1) is 22.5 Å². The quantitative estimate of drug-likeness (QED) is 0.281. The van der Waals surface area contributed by atoms with Gasteiger partial charge in [0.15, 0.2) is 0 Å². The van der Waals surface area contributed by atoms with E-state index < -0.39 is 17.5 Å². The lowest BCUT2D eigenvalue weighted by molar-refractivity contribution is 0.0699. The van der Waals surface area contributed by atoms with Crippen molar-refractivity contribution in [1.82, 2.24) is 24.1 Å². The Morgan fingerprint density at radius 1 is 1.02 bits per heavy atom. The Bertz CT molecular complexity index is 2080. The van der Waals surface area contributed by atoms with E-state index >= 15 is 4.39 Å². The number of hydrogen-bond acceptors (Lipinski definition) is 5. The Balaban J connectivity index is 1.22. The molecule has 2 unspecified atom stereocenters. The van der Waals surface area contributed by atoms with Gasteiger partial charge in [-0.2, -0.15) is 5.10 Å². The summed E-state index contributed by atoms with van der Waals surface area (Å²) in [5.74, 6) is -1.46. The molecule has 1 aliphatic heterocycles. The number of fused-ring (bicyclic) bond motifs is 4. The zero-order chi connectivity index (χ0) is 31.3. The first-order chi connectivity index (χ1) is 21.6. The number of carbonyl (C=O) groups is 2. The van der Waals surface area contributed by atoms with Gasteiger partial charge in [-0.15, -0.1) is 0 Å². The van der Waals surface area contributed by atoms with E-state index in [-0.39, 0.29) is 29.1 Å². The second-order valence-corrected chi connectivity index (χ2v) is 13.0. The topological polar surface area (TPSA) is 125 Å². The van der Waals surface area contributed by atoms with E-state index in [1.54, 1.807) is 18.0 Å². The number of amides is 2. The van der Waals surface area contributed by atoms with Crippen LogP contribution in [0.1, 0.15) is 57.5 Å². The molecule has 0 spiro atoms. The molecule has 2 aliphatic carbocycles. The fourth-order valence-electron chi connectivity index (χ4n) is 7.44. The Hall–Kier alpha value is -4.64. The Labute approximate surface area is 257 Å². The molecular formula is C34H33F2N7O2. The lowest BCUT2D eigenvalue weighted by atomic mass is 10.0. The summed E-state index contributed by atoms with van der Waals surface area (Å²) in [6.45, 7) is 4.94. The summed E-state index contributed by atoms with van der Waals surface area (Å²) in [6.07, 6.45) is 5.72. The molecule has 230 valence electrons. The van der Waals surface area contributed by atoms with Gasteiger partial charge < -0.3 is 20.9 Å². The van der Waals surface area contributed by atoms with Gasteiger partial charge in [-0.25, -0.2) is 18.3 Å². The Morgan fingerprint density at radius 2 is 1.82 bits per heavy atom. The number of benzene rings is 1. The minimum absolute atomic E-state index is 0.00642. The van der Waals surface area contributed by atoms with Gasteiger partial charge in [-0.05, 0) is 93.3 Å². The van der Waals surface area contributed by atoms with Crippen LogP contribution in [0, 0.1) is 37.3 Å². The van der Waals surface area contributed by atoms with Crippen molar-refractivity contribution in [2.45, 2.75) is 58.2 Å². The molecule has 8 rings (SSSR count). The summed E-state index contributed by atoms with van der Waals surface area (Å²) >= 11 is 0. The SMILES string of the molecule is Cc1cc(C(N)=O)c(F)cc1-c1ccc2cc(-c3nn4cc(C(=O)N5CC6CCC5[C@@H]6N)cc(F)c4c3C)n(CC3CC3)c2n1. The van der Waals surface area contributed by atoms with Crippen molar-refractivity contribution >= 4 is 28.4 Å². The van der Waals surface area contributed by atoms with Gasteiger partial charge in [-0.1, -0.05) is 0 Å².